The third kappa shape index (κ3) is 2.20. The first-order chi connectivity index (χ1) is 8.15. The number of nitrogens with one attached hydrogen (secondary N) is 1. The molecule has 0 aliphatic carbocycles. The van der Waals surface area contributed by atoms with Crippen LogP contribution in [0.25, 0.3) is 0 Å². The van der Waals surface area contributed by atoms with Crippen molar-refractivity contribution < 1.29 is 18.6 Å². The molecule has 0 radical (unpaired) electrons. The quantitative estimate of drug-likeness (QED) is 0.836. The van der Waals surface area contributed by atoms with Crippen LogP contribution >= 0.6 is 0 Å². The van der Waals surface area contributed by atoms with Crippen molar-refractivity contribution in [1.29, 1.82) is 0 Å². The van der Waals surface area contributed by atoms with Gasteiger partial charge in [-0.05, 0) is 19.4 Å². The maximum Gasteiger partial charge on any atom is 0.171 e. The number of phenolic OH excluding ortho intramolecular Hbond substituents is 1. The number of phenols is 1. The zero-order chi connectivity index (χ0) is 12.4. The van der Waals surface area contributed by atoms with Crippen molar-refractivity contribution in [3.8, 4) is 11.5 Å². The topological polar surface area (TPSA) is 41.5 Å². The molecule has 1 atom stereocenters. The summed E-state index contributed by atoms with van der Waals surface area (Å²) in [5.41, 5.74) is -0.0750. The highest BCUT2D eigenvalue weighted by atomic mass is 19.1. The van der Waals surface area contributed by atoms with Crippen molar-refractivity contribution >= 4 is 0 Å². The zero-order valence-electron chi connectivity index (χ0n) is 9.59. The van der Waals surface area contributed by atoms with E-state index in [1.54, 1.807) is 0 Å². The molecule has 1 fully saturated rings. The second-order valence-corrected chi connectivity index (χ2v) is 4.18. The van der Waals surface area contributed by atoms with Gasteiger partial charge < -0.3 is 15.2 Å². The van der Waals surface area contributed by atoms with Crippen molar-refractivity contribution in [3.63, 3.8) is 0 Å². The van der Waals surface area contributed by atoms with Crippen LogP contribution in [0.4, 0.5) is 8.78 Å². The highest BCUT2D eigenvalue weighted by Gasteiger charge is 2.27. The van der Waals surface area contributed by atoms with E-state index >= 15 is 0 Å². The van der Waals surface area contributed by atoms with Gasteiger partial charge in [0.1, 0.15) is 0 Å². The molecule has 0 bridgehead atoms. The Labute approximate surface area is 98.4 Å². The smallest absolute Gasteiger partial charge is 0.171 e. The number of piperidine rings is 1. The Bertz CT molecular complexity index is 417. The van der Waals surface area contributed by atoms with E-state index in [1.165, 1.54) is 7.11 Å². The molecule has 0 amide bonds. The third-order valence-corrected chi connectivity index (χ3v) is 3.11. The third-order valence-electron chi connectivity index (χ3n) is 3.11. The molecule has 1 heterocycles. The first kappa shape index (κ1) is 12.1. The molecule has 5 heteroatoms. The summed E-state index contributed by atoms with van der Waals surface area (Å²) in [6.07, 6.45) is 1.56. The summed E-state index contributed by atoms with van der Waals surface area (Å²) in [4.78, 5) is 0. The van der Waals surface area contributed by atoms with E-state index in [2.05, 4.69) is 5.32 Å². The van der Waals surface area contributed by atoms with Gasteiger partial charge in [0.2, 0.25) is 0 Å². The Morgan fingerprint density at radius 1 is 1.41 bits per heavy atom. The van der Waals surface area contributed by atoms with Gasteiger partial charge in [-0.15, -0.1) is 0 Å². The van der Waals surface area contributed by atoms with Gasteiger partial charge in [-0.3, -0.25) is 0 Å². The first-order valence-electron chi connectivity index (χ1n) is 5.60. The van der Waals surface area contributed by atoms with Gasteiger partial charge >= 0.3 is 0 Å². The Hall–Kier alpha value is -1.36. The molecular weight excluding hydrogens is 228 g/mol. The van der Waals surface area contributed by atoms with Crippen LogP contribution in [-0.4, -0.2) is 25.3 Å². The number of halogens is 2. The molecule has 2 rings (SSSR count). The predicted octanol–water partition coefficient (Wildman–Crippen LogP) is 2.15. The Kier molecular flexibility index (Phi) is 3.47. The minimum atomic E-state index is -0.878. The van der Waals surface area contributed by atoms with Gasteiger partial charge in [0.05, 0.1) is 7.11 Å². The van der Waals surface area contributed by atoms with Crippen molar-refractivity contribution in [1.82, 2.24) is 5.32 Å². The fourth-order valence-corrected chi connectivity index (χ4v) is 2.22. The van der Waals surface area contributed by atoms with Crippen molar-refractivity contribution in [2.75, 3.05) is 20.2 Å². The maximum absolute atomic E-state index is 14.0. The normalized spacial score (nSPS) is 20.3. The highest BCUT2D eigenvalue weighted by Crippen LogP contribution is 2.36. The second-order valence-electron chi connectivity index (χ2n) is 4.18. The Morgan fingerprint density at radius 2 is 2.18 bits per heavy atom. The van der Waals surface area contributed by atoms with E-state index in [0.717, 1.165) is 19.0 Å². The van der Waals surface area contributed by atoms with E-state index in [0.29, 0.717) is 13.0 Å². The van der Waals surface area contributed by atoms with Crippen molar-refractivity contribution in [2.24, 2.45) is 0 Å². The summed E-state index contributed by atoms with van der Waals surface area (Å²) in [6, 6.07) is 0.963. The highest BCUT2D eigenvalue weighted by molar-refractivity contribution is 5.42. The van der Waals surface area contributed by atoms with Gasteiger partial charge in [-0.1, -0.05) is 0 Å². The summed E-state index contributed by atoms with van der Waals surface area (Å²) in [5.74, 6) is -2.54. The van der Waals surface area contributed by atoms with E-state index in [4.69, 9.17) is 4.74 Å². The van der Waals surface area contributed by atoms with Crippen molar-refractivity contribution in [3.05, 3.63) is 23.3 Å². The van der Waals surface area contributed by atoms with E-state index in [-0.39, 0.29) is 17.2 Å². The summed E-state index contributed by atoms with van der Waals surface area (Å²) in [7, 11) is 1.29. The average molecular weight is 243 g/mol. The Morgan fingerprint density at radius 3 is 2.76 bits per heavy atom. The SMILES string of the molecule is COc1cc(O)c(F)c(C2CCCNC2)c1F. The van der Waals surface area contributed by atoms with Crippen LogP contribution in [0.15, 0.2) is 6.07 Å². The molecular formula is C12H15F2NO2. The molecule has 1 aromatic rings. The molecule has 1 saturated heterocycles. The lowest BCUT2D eigenvalue weighted by Crippen LogP contribution is -2.29. The fraction of sp³-hybridized carbons (Fsp3) is 0.500. The molecule has 3 nitrogen and oxygen atoms in total. The van der Waals surface area contributed by atoms with Gasteiger partial charge in [0, 0.05) is 24.1 Å². The molecule has 1 aromatic carbocycles. The minimum Gasteiger partial charge on any atom is -0.505 e. The summed E-state index contributed by atoms with van der Waals surface area (Å²) in [5, 5.41) is 12.5. The number of hydrogen-bond acceptors (Lipinski definition) is 3. The number of hydrogen-bond donors (Lipinski definition) is 2. The van der Waals surface area contributed by atoms with E-state index in [9.17, 15) is 13.9 Å². The number of benzene rings is 1. The van der Waals surface area contributed by atoms with Crippen LogP contribution in [0.2, 0.25) is 0 Å². The molecule has 0 spiro atoms. The van der Waals surface area contributed by atoms with Crippen LogP contribution in [-0.2, 0) is 0 Å². The largest absolute Gasteiger partial charge is 0.505 e. The lowest BCUT2D eigenvalue weighted by molar-refractivity contribution is 0.353. The van der Waals surface area contributed by atoms with Gasteiger partial charge in [-0.25, -0.2) is 8.78 Å². The summed E-state index contributed by atoms with van der Waals surface area (Å²) in [6.45, 7) is 1.37. The molecule has 94 valence electrons. The molecule has 0 saturated carbocycles. The summed E-state index contributed by atoms with van der Waals surface area (Å²) >= 11 is 0. The molecule has 1 unspecified atom stereocenters. The van der Waals surface area contributed by atoms with E-state index in [1.807, 2.05) is 0 Å². The molecule has 2 N–H and O–H groups in total. The molecule has 17 heavy (non-hydrogen) atoms. The summed E-state index contributed by atoms with van der Waals surface area (Å²) < 4.78 is 32.6. The maximum atomic E-state index is 14.0. The average Bonchev–Trinajstić information content (AvgIpc) is 2.35. The van der Waals surface area contributed by atoms with Crippen LogP contribution in [0.5, 0.6) is 11.5 Å². The first-order valence-corrected chi connectivity index (χ1v) is 5.60. The van der Waals surface area contributed by atoms with Crippen LogP contribution < -0.4 is 10.1 Å². The molecule has 1 aliphatic rings. The molecule has 0 aromatic heterocycles. The lowest BCUT2D eigenvalue weighted by Gasteiger charge is -2.24. The Balaban J connectivity index is 2.46. The number of rotatable bonds is 2. The van der Waals surface area contributed by atoms with Crippen LogP contribution in [0.3, 0.4) is 0 Å². The van der Waals surface area contributed by atoms with Crippen LogP contribution in [0, 0.1) is 11.6 Å². The van der Waals surface area contributed by atoms with Gasteiger partial charge in [0.25, 0.3) is 0 Å². The second kappa shape index (κ2) is 4.87. The van der Waals surface area contributed by atoms with Gasteiger partial charge in [-0.2, -0.15) is 0 Å². The predicted molar refractivity (Wildman–Crippen MR) is 59.4 cm³/mol. The lowest BCUT2D eigenvalue weighted by atomic mass is 9.90. The minimum absolute atomic E-state index is 0.0750. The standard InChI is InChI=1S/C12H15F2NO2/c1-17-9-5-8(16)11(13)10(12(9)14)7-3-2-4-15-6-7/h5,7,15-16H,2-4,6H2,1H3. The number of ether oxygens (including phenoxy) is 1. The number of methoxy groups -OCH3 is 1. The fourth-order valence-electron chi connectivity index (χ4n) is 2.22. The zero-order valence-corrected chi connectivity index (χ0v) is 9.59. The van der Waals surface area contributed by atoms with Crippen LogP contribution in [0.1, 0.15) is 24.3 Å². The van der Waals surface area contributed by atoms with Crippen molar-refractivity contribution in [2.45, 2.75) is 18.8 Å². The molecule has 1 aliphatic heterocycles. The van der Waals surface area contributed by atoms with Gasteiger partial charge in [0.15, 0.2) is 23.1 Å². The number of aromatic hydroxyl groups is 1. The monoisotopic (exact) mass is 243 g/mol. The van der Waals surface area contributed by atoms with E-state index < -0.39 is 17.4 Å².